The third kappa shape index (κ3) is 5.84. The van der Waals surface area contributed by atoms with Crippen molar-refractivity contribution in [1.82, 2.24) is 9.71 Å². The fourth-order valence-electron chi connectivity index (χ4n) is 1.18. The molecular formula is C9H13N3O6S2. The van der Waals surface area contributed by atoms with E-state index < -0.39 is 22.3 Å². The molecule has 0 spiro atoms. The molecule has 1 rings (SSSR count). The SMILES string of the molecule is COC(=O)NS(=O)(=O)Nc1nc(CCCC(=O)O)cs1. The van der Waals surface area contributed by atoms with Crippen molar-refractivity contribution in [3.05, 3.63) is 11.1 Å². The normalized spacial score (nSPS) is 10.8. The molecule has 11 heteroatoms. The van der Waals surface area contributed by atoms with Crippen molar-refractivity contribution in [2.75, 3.05) is 11.8 Å². The minimum atomic E-state index is -4.09. The number of amides is 1. The predicted octanol–water partition coefficient (Wildman–Crippen LogP) is 0.563. The summed E-state index contributed by atoms with van der Waals surface area (Å²) in [6.07, 6.45) is -0.265. The lowest BCUT2D eigenvalue weighted by Crippen LogP contribution is -2.35. The number of aryl methyl sites for hydroxylation is 1. The Morgan fingerprint density at radius 1 is 1.50 bits per heavy atom. The Bertz CT molecular complexity index is 582. The van der Waals surface area contributed by atoms with Crippen LogP contribution in [0.1, 0.15) is 18.5 Å². The molecule has 0 aliphatic rings. The summed E-state index contributed by atoms with van der Waals surface area (Å²) in [5.74, 6) is -0.900. The van der Waals surface area contributed by atoms with Crippen LogP contribution in [0.2, 0.25) is 0 Å². The van der Waals surface area contributed by atoms with E-state index in [1.54, 1.807) is 10.1 Å². The summed E-state index contributed by atoms with van der Waals surface area (Å²) >= 11 is 1.03. The third-order valence-corrected chi connectivity index (χ3v) is 3.83. The summed E-state index contributed by atoms with van der Waals surface area (Å²) in [5.41, 5.74) is 0.576. The number of carbonyl (C=O) groups excluding carboxylic acids is 1. The molecule has 1 aromatic heterocycles. The molecule has 0 bridgehead atoms. The lowest BCUT2D eigenvalue weighted by Gasteiger charge is -2.05. The average Bonchev–Trinajstić information content (AvgIpc) is 2.74. The van der Waals surface area contributed by atoms with E-state index in [1.165, 1.54) is 0 Å². The van der Waals surface area contributed by atoms with Crippen molar-refractivity contribution in [3.63, 3.8) is 0 Å². The smallest absolute Gasteiger partial charge is 0.422 e. The highest BCUT2D eigenvalue weighted by Crippen LogP contribution is 2.17. The molecule has 1 amide bonds. The topological polar surface area (TPSA) is 135 Å². The van der Waals surface area contributed by atoms with Crippen LogP contribution in [0, 0.1) is 0 Å². The Morgan fingerprint density at radius 3 is 2.80 bits per heavy atom. The van der Waals surface area contributed by atoms with Gasteiger partial charge in [0, 0.05) is 11.8 Å². The van der Waals surface area contributed by atoms with Crippen molar-refractivity contribution in [3.8, 4) is 0 Å². The summed E-state index contributed by atoms with van der Waals surface area (Å²) in [4.78, 5) is 25.1. The molecule has 1 heterocycles. The van der Waals surface area contributed by atoms with Gasteiger partial charge in [0.15, 0.2) is 5.13 Å². The molecule has 0 aromatic carbocycles. The van der Waals surface area contributed by atoms with Gasteiger partial charge < -0.3 is 9.84 Å². The molecule has 1 aromatic rings. The summed E-state index contributed by atoms with van der Waals surface area (Å²) in [6.45, 7) is 0. The Labute approximate surface area is 119 Å². The number of anilines is 1. The largest absolute Gasteiger partial charge is 0.481 e. The second kappa shape index (κ2) is 7.05. The molecular weight excluding hydrogens is 310 g/mol. The van der Waals surface area contributed by atoms with Crippen molar-refractivity contribution in [2.24, 2.45) is 0 Å². The van der Waals surface area contributed by atoms with Crippen LogP contribution in [-0.2, 0) is 26.2 Å². The zero-order chi connectivity index (χ0) is 15.2. The van der Waals surface area contributed by atoms with E-state index in [2.05, 4.69) is 14.4 Å². The summed E-state index contributed by atoms with van der Waals surface area (Å²) in [5, 5.41) is 10.2. The maximum atomic E-state index is 11.4. The van der Waals surface area contributed by atoms with Crippen molar-refractivity contribution < 1.29 is 27.9 Å². The van der Waals surface area contributed by atoms with Crippen LogP contribution in [0.25, 0.3) is 0 Å². The van der Waals surface area contributed by atoms with E-state index in [0.29, 0.717) is 18.5 Å². The van der Waals surface area contributed by atoms with Crippen LogP contribution >= 0.6 is 11.3 Å². The number of carboxylic acid groups (broad SMARTS) is 1. The summed E-state index contributed by atoms with van der Waals surface area (Å²) in [6, 6.07) is 0. The van der Waals surface area contributed by atoms with Gasteiger partial charge in [-0.25, -0.2) is 19.2 Å². The average molecular weight is 323 g/mol. The van der Waals surface area contributed by atoms with Gasteiger partial charge in [-0.3, -0.25) is 4.79 Å². The third-order valence-electron chi connectivity index (χ3n) is 2.00. The van der Waals surface area contributed by atoms with Crippen molar-refractivity contribution in [1.29, 1.82) is 0 Å². The Balaban J connectivity index is 2.55. The number of rotatable bonds is 7. The molecule has 112 valence electrons. The van der Waals surface area contributed by atoms with Gasteiger partial charge in [-0.05, 0) is 12.8 Å². The van der Waals surface area contributed by atoms with Crippen LogP contribution in [0.15, 0.2) is 5.38 Å². The van der Waals surface area contributed by atoms with Gasteiger partial charge in [0.1, 0.15) is 0 Å². The molecule has 3 N–H and O–H groups in total. The second-order valence-electron chi connectivity index (χ2n) is 3.59. The molecule has 9 nitrogen and oxygen atoms in total. The molecule has 0 radical (unpaired) electrons. The molecule has 0 saturated heterocycles. The first-order valence-electron chi connectivity index (χ1n) is 5.37. The number of thiazole rings is 1. The first-order chi connectivity index (χ1) is 9.32. The van der Waals surface area contributed by atoms with Gasteiger partial charge in [0.05, 0.1) is 12.8 Å². The van der Waals surface area contributed by atoms with Crippen LogP contribution in [-0.4, -0.2) is 37.7 Å². The van der Waals surface area contributed by atoms with Crippen molar-refractivity contribution >= 4 is 38.7 Å². The Hall–Kier alpha value is -1.88. The van der Waals surface area contributed by atoms with E-state index in [1.807, 2.05) is 0 Å². The summed E-state index contributed by atoms with van der Waals surface area (Å²) < 4.78 is 30.7. The zero-order valence-electron chi connectivity index (χ0n) is 10.5. The number of hydrogen-bond acceptors (Lipinski definition) is 7. The predicted molar refractivity (Wildman–Crippen MR) is 70.8 cm³/mol. The van der Waals surface area contributed by atoms with Gasteiger partial charge in [-0.15, -0.1) is 11.3 Å². The molecule has 0 unspecified atom stereocenters. The minimum absolute atomic E-state index is 0.0164. The molecule has 0 atom stereocenters. The van der Waals surface area contributed by atoms with Crippen LogP contribution < -0.4 is 9.44 Å². The van der Waals surface area contributed by atoms with Gasteiger partial charge in [0.2, 0.25) is 0 Å². The van der Waals surface area contributed by atoms with Crippen LogP contribution in [0.3, 0.4) is 0 Å². The second-order valence-corrected chi connectivity index (χ2v) is 5.86. The molecule has 20 heavy (non-hydrogen) atoms. The van der Waals surface area contributed by atoms with Crippen LogP contribution in [0.5, 0.6) is 0 Å². The summed E-state index contributed by atoms with van der Waals surface area (Å²) in [7, 11) is -3.05. The Kier molecular flexibility index (Phi) is 5.70. The minimum Gasteiger partial charge on any atom is -0.481 e. The quantitative estimate of drug-likeness (QED) is 0.667. The number of aliphatic carboxylic acids is 1. The van der Waals surface area contributed by atoms with Gasteiger partial charge in [-0.1, -0.05) is 0 Å². The molecule has 0 fully saturated rings. The van der Waals surface area contributed by atoms with Crippen LogP contribution in [0.4, 0.5) is 9.93 Å². The van der Waals surface area contributed by atoms with E-state index in [0.717, 1.165) is 18.4 Å². The fourth-order valence-corrected chi connectivity index (χ4v) is 2.92. The number of ether oxygens (including phenoxy) is 1. The number of carbonyl (C=O) groups is 2. The maximum absolute atomic E-state index is 11.4. The van der Waals surface area contributed by atoms with Gasteiger partial charge in [0.25, 0.3) is 0 Å². The van der Waals surface area contributed by atoms with E-state index >= 15 is 0 Å². The first-order valence-corrected chi connectivity index (χ1v) is 7.73. The number of nitrogens with zero attached hydrogens (tertiary/aromatic N) is 1. The fraction of sp³-hybridized carbons (Fsp3) is 0.444. The van der Waals surface area contributed by atoms with E-state index in [9.17, 15) is 18.0 Å². The zero-order valence-corrected chi connectivity index (χ0v) is 12.1. The molecule has 0 saturated carbocycles. The number of hydrogen-bond donors (Lipinski definition) is 3. The van der Waals surface area contributed by atoms with E-state index in [-0.39, 0.29) is 11.6 Å². The Morgan fingerprint density at radius 2 is 2.20 bits per heavy atom. The van der Waals surface area contributed by atoms with Gasteiger partial charge in [-0.2, -0.15) is 8.42 Å². The molecule has 0 aliphatic heterocycles. The maximum Gasteiger partial charge on any atom is 0.422 e. The first kappa shape index (κ1) is 16.2. The highest BCUT2D eigenvalue weighted by atomic mass is 32.2. The monoisotopic (exact) mass is 323 g/mol. The van der Waals surface area contributed by atoms with E-state index in [4.69, 9.17) is 5.11 Å². The lowest BCUT2D eigenvalue weighted by molar-refractivity contribution is -0.137. The number of methoxy groups -OCH3 is 1. The number of carboxylic acids is 1. The number of aromatic nitrogens is 1. The highest BCUT2D eigenvalue weighted by Gasteiger charge is 2.16. The van der Waals surface area contributed by atoms with Crippen molar-refractivity contribution in [2.45, 2.75) is 19.3 Å². The lowest BCUT2D eigenvalue weighted by atomic mass is 10.2. The molecule has 0 aliphatic carbocycles. The number of nitrogens with one attached hydrogen (secondary N) is 2. The van der Waals surface area contributed by atoms with Gasteiger partial charge >= 0.3 is 22.3 Å². The standard InChI is InChI=1S/C9H13N3O6S2/c1-18-9(15)12-20(16,17)11-8-10-6(5-19-8)3-2-4-7(13)14/h5H,2-4H2,1H3,(H,10,11)(H,12,15)(H,13,14). The highest BCUT2D eigenvalue weighted by molar-refractivity contribution is 7.91.